The van der Waals surface area contributed by atoms with Gasteiger partial charge in [-0.05, 0) is 66.0 Å². The summed E-state index contributed by atoms with van der Waals surface area (Å²) in [5, 5.41) is 0. The van der Waals surface area contributed by atoms with Crippen molar-refractivity contribution >= 4 is 5.57 Å². The van der Waals surface area contributed by atoms with Crippen LogP contribution in [0.3, 0.4) is 0 Å². The molecule has 4 rings (SSSR count). The van der Waals surface area contributed by atoms with E-state index in [1.54, 1.807) is 16.7 Å². The van der Waals surface area contributed by atoms with Crippen LogP contribution < -0.4 is 0 Å². The Labute approximate surface area is 114 Å². The maximum Gasteiger partial charge on any atom is -0.000740 e. The van der Waals surface area contributed by atoms with Gasteiger partial charge >= 0.3 is 0 Å². The third kappa shape index (κ3) is 1.59. The van der Waals surface area contributed by atoms with Crippen LogP contribution in [0.2, 0.25) is 0 Å². The lowest BCUT2D eigenvalue weighted by Crippen LogP contribution is -1.91. The van der Waals surface area contributed by atoms with Crippen LogP contribution in [0.25, 0.3) is 16.7 Å². The minimum absolute atomic E-state index is 1.11. The van der Waals surface area contributed by atoms with Crippen molar-refractivity contribution in [3.63, 3.8) is 0 Å². The van der Waals surface area contributed by atoms with Crippen LogP contribution in [0.1, 0.15) is 42.9 Å². The van der Waals surface area contributed by atoms with Crippen molar-refractivity contribution < 1.29 is 0 Å². The molecule has 0 saturated heterocycles. The first-order chi connectivity index (χ1) is 9.34. The Morgan fingerprint density at radius 1 is 0.789 bits per heavy atom. The lowest BCUT2D eigenvalue weighted by Gasteiger charge is -2.11. The smallest absolute Gasteiger partial charge is 0.000740 e. The molecular weight excluding hydrogens is 228 g/mol. The average Bonchev–Trinajstić information content (AvgIpc) is 3.02. The fourth-order valence-electron chi connectivity index (χ4n) is 3.70. The van der Waals surface area contributed by atoms with Crippen LogP contribution in [0.4, 0.5) is 0 Å². The van der Waals surface area contributed by atoms with E-state index in [0.717, 1.165) is 6.42 Å². The average molecular weight is 246 g/mol. The molecule has 2 aliphatic rings. The van der Waals surface area contributed by atoms with Crippen molar-refractivity contribution in [2.45, 2.75) is 32.6 Å². The second kappa shape index (κ2) is 4.09. The zero-order valence-electron chi connectivity index (χ0n) is 11.4. The fourth-order valence-corrected chi connectivity index (χ4v) is 3.70. The molecule has 0 unspecified atom stereocenters. The molecule has 0 bridgehead atoms. The predicted molar refractivity (Wildman–Crippen MR) is 81.1 cm³/mol. The SMILES string of the molecule is CC1=C(c2cccc3c2Cc2ccccc2-3)CCC1. The molecule has 0 saturated carbocycles. The number of rotatable bonds is 1. The van der Waals surface area contributed by atoms with Crippen molar-refractivity contribution in [3.8, 4) is 11.1 Å². The molecule has 0 heteroatoms. The fraction of sp³-hybridized carbons (Fsp3) is 0.263. The molecule has 0 atom stereocenters. The Morgan fingerprint density at radius 3 is 2.42 bits per heavy atom. The van der Waals surface area contributed by atoms with Crippen LogP contribution in [0.15, 0.2) is 48.0 Å². The van der Waals surface area contributed by atoms with E-state index in [-0.39, 0.29) is 0 Å². The van der Waals surface area contributed by atoms with Gasteiger partial charge in [-0.1, -0.05) is 48.0 Å². The van der Waals surface area contributed by atoms with E-state index in [1.807, 2.05) is 0 Å². The number of allylic oxidation sites excluding steroid dienone is 2. The Kier molecular flexibility index (Phi) is 2.38. The van der Waals surface area contributed by atoms with Gasteiger partial charge in [-0.3, -0.25) is 0 Å². The molecule has 0 nitrogen and oxygen atoms in total. The topological polar surface area (TPSA) is 0 Å². The zero-order valence-corrected chi connectivity index (χ0v) is 11.4. The van der Waals surface area contributed by atoms with Crippen LogP contribution >= 0.6 is 0 Å². The minimum Gasteiger partial charge on any atom is -0.0695 e. The minimum atomic E-state index is 1.11. The predicted octanol–water partition coefficient (Wildman–Crippen LogP) is 5.22. The molecule has 94 valence electrons. The van der Waals surface area contributed by atoms with E-state index >= 15 is 0 Å². The van der Waals surface area contributed by atoms with Crippen molar-refractivity contribution in [1.82, 2.24) is 0 Å². The largest absolute Gasteiger partial charge is 0.0695 e. The van der Waals surface area contributed by atoms with E-state index in [4.69, 9.17) is 0 Å². The summed E-state index contributed by atoms with van der Waals surface area (Å²) in [5.74, 6) is 0. The molecule has 0 N–H and O–H groups in total. The number of benzene rings is 2. The summed E-state index contributed by atoms with van der Waals surface area (Å²) in [7, 11) is 0. The third-order valence-corrected chi connectivity index (χ3v) is 4.67. The Balaban J connectivity index is 1.93. The van der Waals surface area contributed by atoms with Gasteiger partial charge in [0, 0.05) is 0 Å². The number of hydrogen-bond donors (Lipinski definition) is 0. The molecule has 2 aromatic carbocycles. The van der Waals surface area contributed by atoms with E-state index in [0.29, 0.717) is 0 Å². The first kappa shape index (κ1) is 11.0. The van der Waals surface area contributed by atoms with E-state index in [1.165, 1.54) is 41.5 Å². The third-order valence-electron chi connectivity index (χ3n) is 4.67. The van der Waals surface area contributed by atoms with E-state index in [2.05, 4.69) is 49.4 Å². The lowest BCUT2D eigenvalue weighted by molar-refractivity contribution is 0.909. The highest BCUT2D eigenvalue weighted by Gasteiger charge is 2.23. The van der Waals surface area contributed by atoms with Crippen molar-refractivity contribution in [3.05, 3.63) is 64.7 Å². The molecule has 0 amide bonds. The number of hydrogen-bond acceptors (Lipinski definition) is 0. The van der Waals surface area contributed by atoms with E-state index in [9.17, 15) is 0 Å². The summed E-state index contributed by atoms with van der Waals surface area (Å²) in [5.41, 5.74) is 10.7. The Hall–Kier alpha value is -1.82. The maximum absolute atomic E-state index is 2.33. The second-order valence-corrected chi connectivity index (χ2v) is 5.78. The summed E-state index contributed by atoms with van der Waals surface area (Å²) in [4.78, 5) is 0. The standard InChI is InChI=1S/C19H18/c1-13-6-4-9-15(13)17-10-5-11-18-16-8-3-2-7-14(16)12-19(17)18/h2-3,5,7-8,10-11H,4,6,9,12H2,1H3. The molecule has 0 aliphatic heterocycles. The molecule has 0 spiro atoms. The first-order valence-electron chi connectivity index (χ1n) is 7.24. The van der Waals surface area contributed by atoms with Crippen molar-refractivity contribution in [2.75, 3.05) is 0 Å². The van der Waals surface area contributed by atoms with Crippen LogP contribution in [0, 0.1) is 0 Å². The summed E-state index contributed by atoms with van der Waals surface area (Å²) < 4.78 is 0. The molecule has 2 aromatic rings. The highest BCUT2D eigenvalue weighted by Crippen LogP contribution is 2.43. The van der Waals surface area contributed by atoms with Gasteiger partial charge in [0.15, 0.2) is 0 Å². The Bertz CT molecular complexity index is 689. The highest BCUT2D eigenvalue weighted by molar-refractivity contribution is 5.84. The second-order valence-electron chi connectivity index (χ2n) is 5.78. The zero-order chi connectivity index (χ0) is 12.8. The van der Waals surface area contributed by atoms with Gasteiger partial charge in [0.2, 0.25) is 0 Å². The summed E-state index contributed by atoms with van der Waals surface area (Å²) in [6.07, 6.45) is 4.99. The van der Waals surface area contributed by atoms with Gasteiger partial charge in [-0.2, -0.15) is 0 Å². The molecular formula is C19H18. The van der Waals surface area contributed by atoms with Crippen molar-refractivity contribution in [1.29, 1.82) is 0 Å². The normalized spacial score (nSPS) is 16.7. The first-order valence-corrected chi connectivity index (χ1v) is 7.24. The van der Waals surface area contributed by atoms with E-state index < -0.39 is 0 Å². The van der Waals surface area contributed by atoms with Gasteiger partial charge in [-0.15, -0.1) is 0 Å². The number of fused-ring (bicyclic) bond motifs is 3. The molecule has 0 aromatic heterocycles. The quantitative estimate of drug-likeness (QED) is 0.552. The van der Waals surface area contributed by atoms with Crippen LogP contribution in [-0.2, 0) is 6.42 Å². The summed E-state index contributed by atoms with van der Waals surface area (Å²) in [6.45, 7) is 2.31. The summed E-state index contributed by atoms with van der Waals surface area (Å²) in [6, 6.07) is 15.7. The monoisotopic (exact) mass is 246 g/mol. The molecule has 19 heavy (non-hydrogen) atoms. The Morgan fingerprint density at radius 2 is 1.58 bits per heavy atom. The van der Waals surface area contributed by atoms with Gasteiger partial charge in [0.1, 0.15) is 0 Å². The van der Waals surface area contributed by atoms with Gasteiger partial charge in [-0.25, -0.2) is 0 Å². The van der Waals surface area contributed by atoms with Crippen molar-refractivity contribution in [2.24, 2.45) is 0 Å². The lowest BCUT2D eigenvalue weighted by atomic mass is 9.94. The van der Waals surface area contributed by atoms with Crippen LogP contribution in [-0.4, -0.2) is 0 Å². The molecule has 0 heterocycles. The molecule has 0 radical (unpaired) electrons. The maximum atomic E-state index is 2.33. The molecule has 0 fully saturated rings. The molecule has 2 aliphatic carbocycles. The summed E-state index contributed by atoms with van der Waals surface area (Å²) >= 11 is 0. The van der Waals surface area contributed by atoms with Gasteiger partial charge in [0.25, 0.3) is 0 Å². The highest BCUT2D eigenvalue weighted by atomic mass is 14.3. The van der Waals surface area contributed by atoms with Gasteiger partial charge < -0.3 is 0 Å². The van der Waals surface area contributed by atoms with Gasteiger partial charge in [0.05, 0.1) is 0 Å². The van der Waals surface area contributed by atoms with Crippen LogP contribution in [0.5, 0.6) is 0 Å².